The molecule has 2 N–H and O–H groups in total. The van der Waals surface area contributed by atoms with Crippen LogP contribution < -0.4 is 20.1 Å². The SMILES string of the molecule is O=C(NC(=S)Nc1ccc(C(=O)N2CCCCC2)cc1)c1ccc(OCCOc2ccccc2)cc1. The number of hydrogen-bond donors (Lipinski definition) is 2. The summed E-state index contributed by atoms with van der Waals surface area (Å²) in [7, 11) is 0. The number of nitrogens with zero attached hydrogens (tertiary/aromatic N) is 1. The highest BCUT2D eigenvalue weighted by molar-refractivity contribution is 7.80. The summed E-state index contributed by atoms with van der Waals surface area (Å²) in [6, 6.07) is 23.4. The van der Waals surface area contributed by atoms with Gasteiger partial charge in [-0.3, -0.25) is 14.9 Å². The molecule has 8 heteroatoms. The van der Waals surface area contributed by atoms with E-state index in [1.165, 1.54) is 6.42 Å². The Bertz CT molecular complexity index is 1160. The van der Waals surface area contributed by atoms with Gasteiger partial charge < -0.3 is 19.7 Å². The van der Waals surface area contributed by atoms with E-state index in [4.69, 9.17) is 21.7 Å². The lowest BCUT2D eigenvalue weighted by atomic mass is 10.1. The second-order valence-corrected chi connectivity index (χ2v) is 8.78. The Balaban J connectivity index is 1.20. The summed E-state index contributed by atoms with van der Waals surface area (Å²) in [5.41, 5.74) is 1.79. The molecule has 36 heavy (non-hydrogen) atoms. The van der Waals surface area contributed by atoms with Gasteiger partial charge in [0.25, 0.3) is 11.8 Å². The van der Waals surface area contributed by atoms with E-state index in [-0.39, 0.29) is 16.9 Å². The maximum absolute atomic E-state index is 12.6. The van der Waals surface area contributed by atoms with Crippen LogP contribution >= 0.6 is 12.2 Å². The number of nitrogens with one attached hydrogen (secondary N) is 2. The minimum Gasteiger partial charge on any atom is -0.490 e. The fourth-order valence-electron chi connectivity index (χ4n) is 3.85. The van der Waals surface area contributed by atoms with Crippen molar-refractivity contribution in [3.05, 3.63) is 90.0 Å². The molecule has 1 saturated heterocycles. The summed E-state index contributed by atoms with van der Waals surface area (Å²) in [4.78, 5) is 27.0. The predicted octanol–water partition coefficient (Wildman–Crippen LogP) is 4.90. The first-order chi connectivity index (χ1) is 17.6. The standard InChI is InChI=1S/C28H29N3O4S/c32-26(21-11-15-25(16-12-21)35-20-19-34-24-7-3-1-4-8-24)30-28(36)29-23-13-9-22(10-14-23)27(33)31-17-5-2-6-18-31/h1,3-4,7-16H,2,5-6,17-20H2,(H2,29,30,32,36). The molecular formula is C28H29N3O4S. The van der Waals surface area contributed by atoms with Crippen LogP contribution in [0.5, 0.6) is 11.5 Å². The number of benzene rings is 3. The van der Waals surface area contributed by atoms with Gasteiger partial charge in [-0.1, -0.05) is 18.2 Å². The minimum absolute atomic E-state index is 0.0493. The Kier molecular flexibility index (Phi) is 8.88. The Hall–Kier alpha value is -3.91. The van der Waals surface area contributed by atoms with Gasteiger partial charge in [0.2, 0.25) is 0 Å². The first kappa shape index (κ1) is 25.2. The van der Waals surface area contributed by atoms with Crippen LogP contribution in [0, 0.1) is 0 Å². The summed E-state index contributed by atoms with van der Waals surface area (Å²) in [5, 5.41) is 5.83. The van der Waals surface area contributed by atoms with Crippen molar-refractivity contribution in [1.29, 1.82) is 0 Å². The third-order valence-electron chi connectivity index (χ3n) is 5.74. The lowest BCUT2D eigenvalue weighted by Gasteiger charge is -2.26. The van der Waals surface area contributed by atoms with Crippen LogP contribution in [0.2, 0.25) is 0 Å². The largest absolute Gasteiger partial charge is 0.490 e. The number of ether oxygens (including phenoxy) is 2. The van der Waals surface area contributed by atoms with Crippen LogP contribution in [0.1, 0.15) is 40.0 Å². The number of piperidine rings is 1. The lowest BCUT2D eigenvalue weighted by Crippen LogP contribution is -2.35. The van der Waals surface area contributed by atoms with Crippen molar-refractivity contribution in [2.75, 3.05) is 31.6 Å². The number of hydrogen-bond acceptors (Lipinski definition) is 5. The molecule has 1 heterocycles. The average Bonchev–Trinajstić information content (AvgIpc) is 2.92. The topological polar surface area (TPSA) is 79.9 Å². The molecule has 2 amide bonds. The van der Waals surface area contributed by atoms with Gasteiger partial charge in [0.15, 0.2) is 5.11 Å². The van der Waals surface area contributed by atoms with Crippen molar-refractivity contribution in [2.45, 2.75) is 19.3 Å². The Morgan fingerprint density at radius 2 is 1.33 bits per heavy atom. The van der Waals surface area contributed by atoms with Crippen LogP contribution in [0.25, 0.3) is 0 Å². The van der Waals surface area contributed by atoms with Gasteiger partial charge in [0.1, 0.15) is 24.7 Å². The summed E-state index contributed by atoms with van der Waals surface area (Å²) in [6.45, 7) is 2.42. The molecule has 3 aromatic carbocycles. The predicted molar refractivity (Wildman–Crippen MR) is 144 cm³/mol. The average molecular weight is 504 g/mol. The molecule has 0 bridgehead atoms. The van der Waals surface area contributed by atoms with Gasteiger partial charge in [-0.2, -0.15) is 0 Å². The van der Waals surface area contributed by atoms with E-state index in [0.29, 0.717) is 35.8 Å². The second kappa shape index (κ2) is 12.7. The summed E-state index contributed by atoms with van der Waals surface area (Å²) < 4.78 is 11.3. The van der Waals surface area contributed by atoms with Crippen LogP contribution in [0.4, 0.5) is 5.69 Å². The molecule has 1 fully saturated rings. The van der Waals surface area contributed by atoms with E-state index in [9.17, 15) is 9.59 Å². The van der Waals surface area contributed by atoms with Crippen molar-refractivity contribution in [1.82, 2.24) is 10.2 Å². The van der Waals surface area contributed by atoms with Crippen molar-refractivity contribution in [2.24, 2.45) is 0 Å². The highest BCUT2D eigenvalue weighted by Gasteiger charge is 2.18. The molecule has 4 rings (SSSR count). The summed E-state index contributed by atoms with van der Waals surface area (Å²) >= 11 is 5.28. The minimum atomic E-state index is -0.330. The number of likely N-dealkylation sites (tertiary alicyclic amines) is 1. The lowest BCUT2D eigenvalue weighted by molar-refractivity contribution is 0.0724. The fourth-order valence-corrected chi connectivity index (χ4v) is 4.06. The van der Waals surface area contributed by atoms with Crippen molar-refractivity contribution >= 4 is 34.8 Å². The number of amides is 2. The zero-order valence-electron chi connectivity index (χ0n) is 19.9. The molecule has 7 nitrogen and oxygen atoms in total. The Morgan fingerprint density at radius 3 is 1.97 bits per heavy atom. The van der Waals surface area contributed by atoms with Gasteiger partial charge in [0, 0.05) is 29.9 Å². The molecule has 0 aromatic heterocycles. The third-order valence-corrected chi connectivity index (χ3v) is 5.94. The van der Waals surface area contributed by atoms with Gasteiger partial charge in [-0.15, -0.1) is 0 Å². The molecule has 1 aliphatic heterocycles. The monoisotopic (exact) mass is 503 g/mol. The smallest absolute Gasteiger partial charge is 0.257 e. The molecule has 0 saturated carbocycles. The van der Waals surface area contributed by atoms with Crippen LogP contribution in [-0.2, 0) is 0 Å². The van der Waals surface area contributed by atoms with E-state index < -0.39 is 0 Å². The van der Waals surface area contributed by atoms with Crippen molar-refractivity contribution < 1.29 is 19.1 Å². The molecule has 3 aromatic rings. The first-order valence-electron chi connectivity index (χ1n) is 12.0. The Labute approximate surface area is 216 Å². The van der Waals surface area contributed by atoms with E-state index >= 15 is 0 Å². The van der Waals surface area contributed by atoms with E-state index in [0.717, 1.165) is 31.7 Å². The van der Waals surface area contributed by atoms with Gasteiger partial charge >= 0.3 is 0 Å². The Morgan fingerprint density at radius 1 is 0.750 bits per heavy atom. The van der Waals surface area contributed by atoms with E-state index in [2.05, 4.69) is 10.6 Å². The van der Waals surface area contributed by atoms with Gasteiger partial charge in [-0.25, -0.2) is 0 Å². The van der Waals surface area contributed by atoms with E-state index in [1.54, 1.807) is 48.5 Å². The van der Waals surface area contributed by atoms with Crippen molar-refractivity contribution in [3.8, 4) is 11.5 Å². The van der Waals surface area contributed by atoms with Crippen LogP contribution in [-0.4, -0.2) is 48.1 Å². The molecule has 1 aliphatic rings. The first-order valence-corrected chi connectivity index (χ1v) is 12.4. The number of thiocarbonyl (C=S) groups is 1. The third kappa shape index (κ3) is 7.29. The molecule has 0 aliphatic carbocycles. The number of carbonyl (C=O) groups excluding carboxylic acids is 2. The van der Waals surface area contributed by atoms with Crippen LogP contribution in [0.3, 0.4) is 0 Å². The quantitative estimate of drug-likeness (QED) is 0.336. The highest BCUT2D eigenvalue weighted by Crippen LogP contribution is 2.16. The number of anilines is 1. The molecule has 0 spiro atoms. The van der Waals surface area contributed by atoms with Crippen LogP contribution in [0.15, 0.2) is 78.9 Å². The molecule has 0 unspecified atom stereocenters. The van der Waals surface area contributed by atoms with Gasteiger partial charge in [0.05, 0.1) is 0 Å². The van der Waals surface area contributed by atoms with Gasteiger partial charge in [-0.05, 0) is 92.1 Å². The summed E-state index contributed by atoms with van der Waals surface area (Å²) in [5.74, 6) is 1.15. The maximum Gasteiger partial charge on any atom is 0.257 e. The zero-order chi connectivity index (χ0) is 25.2. The molecule has 0 atom stereocenters. The second-order valence-electron chi connectivity index (χ2n) is 8.37. The zero-order valence-corrected chi connectivity index (χ0v) is 20.8. The fraction of sp³-hybridized carbons (Fsp3) is 0.250. The number of rotatable bonds is 8. The number of para-hydroxylation sites is 1. The molecule has 0 radical (unpaired) electrons. The molecule has 186 valence electrons. The highest BCUT2D eigenvalue weighted by atomic mass is 32.1. The molecular weight excluding hydrogens is 474 g/mol. The maximum atomic E-state index is 12.6. The summed E-state index contributed by atoms with van der Waals surface area (Å²) in [6.07, 6.45) is 3.29. The van der Waals surface area contributed by atoms with E-state index in [1.807, 2.05) is 35.2 Å². The van der Waals surface area contributed by atoms with Crippen molar-refractivity contribution in [3.63, 3.8) is 0 Å². The normalized spacial score (nSPS) is 12.9. The number of carbonyl (C=O) groups is 2.